The number of hydrogen-bond acceptors (Lipinski definition) is 13. The van der Waals surface area contributed by atoms with E-state index in [2.05, 4.69) is 55.2 Å². The van der Waals surface area contributed by atoms with Gasteiger partial charge in [-0.25, -0.2) is 14.7 Å². The Morgan fingerprint density at radius 2 is 1.78 bits per heavy atom. The molecule has 1 fully saturated rings. The van der Waals surface area contributed by atoms with Crippen molar-refractivity contribution in [2.24, 2.45) is 5.28 Å². The highest BCUT2D eigenvalue weighted by molar-refractivity contribution is 6.02. The number of nitrogens with one attached hydrogen (secondary N) is 1. The summed E-state index contributed by atoms with van der Waals surface area (Å²) in [6, 6.07) is 14.0. The number of nitrogens with zero attached hydrogens (tertiary/aromatic N) is 8. The molecule has 2 aliphatic rings. The summed E-state index contributed by atoms with van der Waals surface area (Å²) in [6.45, 7) is 8.64. The Kier molecular flexibility index (Phi) is 14.7. The van der Waals surface area contributed by atoms with Crippen LogP contribution in [0.15, 0.2) is 66.0 Å². The Bertz CT molecular complexity index is 2040. The molecule has 17 nitrogen and oxygen atoms in total. The molecule has 1 aliphatic carbocycles. The van der Waals surface area contributed by atoms with Gasteiger partial charge in [-0.1, -0.05) is 61.4 Å². The number of rotatable bonds is 19. The number of fused-ring (bicyclic) bond motifs is 1. The molecule has 2 aromatic carbocycles. The van der Waals surface area contributed by atoms with E-state index in [1.54, 1.807) is 23.2 Å². The standard InChI is InChI=1S/C41H53N9O8/c1-5-54-40-42-36-20-14-19-35(37(36)48(40)27-31-21-23-32(24-22-31)33-17-9-10-18-34(33)38-43-45-46-44-38)39(51)57-30(4)58-41(52)55-25-11-7-6-8-12-26-56-47-50(53)49-28(2)15-13-16-29(49)3/h9-10,14,17,19-24,28-30,34H,5-8,11-13,15-16,18,25-27H2,1-4H3,(H,43,44,45,46)/b50-47-/t28-,29+,30?,34?. The third-order valence-corrected chi connectivity index (χ3v) is 10.3. The number of carbonyl (C=O) groups excluding carboxylic acids is 2. The highest BCUT2D eigenvalue weighted by atomic mass is 16.8. The summed E-state index contributed by atoms with van der Waals surface area (Å²) < 4.78 is 23.7. The number of benzene rings is 2. The number of H-pyrrole nitrogens is 1. The van der Waals surface area contributed by atoms with Crippen molar-refractivity contribution < 1.29 is 38.3 Å². The number of ether oxygens (including phenoxy) is 4. The molecule has 2 aromatic heterocycles. The molecule has 1 aliphatic heterocycles. The molecule has 3 heterocycles. The van der Waals surface area contributed by atoms with Crippen LogP contribution in [0.5, 0.6) is 6.01 Å². The molecule has 58 heavy (non-hydrogen) atoms. The number of para-hydroxylation sites is 1. The lowest BCUT2D eigenvalue weighted by Crippen LogP contribution is -2.47. The maximum atomic E-state index is 13.5. The fourth-order valence-electron chi connectivity index (χ4n) is 7.44. The van der Waals surface area contributed by atoms with Crippen LogP contribution in [0.25, 0.3) is 16.6 Å². The van der Waals surface area contributed by atoms with Crippen molar-refractivity contribution in [2.75, 3.05) is 19.8 Å². The second kappa shape index (κ2) is 20.4. The fraction of sp³-hybridized carbons (Fsp3) is 0.512. The first-order valence-electron chi connectivity index (χ1n) is 20.2. The summed E-state index contributed by atoms with van der Waals surface area (Å²) in [5.41, 5.74) is 4.44. The van der Waals surface area contributed by atoms with E-state index < -0.39 is 18.4 Å². The van der Waals surface area contributed by atoms with Gasteiger partial charge in [-0.05, 0) is 105 Å². The van der Waals surface area contributed by atoms with Gasteiger partial charge in [0.05, 0.1) is 53.4 Å². The zero-order valence-corrected chi connectivity index (χ0v) is 33.6. The van der Waals surface area contributed by atoms with Crippen molar-refractivity contribution in [1.82, 2.24) is 35.2 Å². The Hall–Kier alpha value is -6.00. The van der Waals surface area contributed by atoms with Gasteiger partial charge in [0.15, 0.2) is 5.82 Å². The van der Waals surface area contributed by atoms with E-state index in [4.69, 9.17) is 23.8 Å². The molecule has 0 bridgehead atoms. The van der Waals surface area contributed by atoms with Gasteiger partial charge in [0.2, 0.25) is 11.6 Å². The lowest BCUT2D eigenvalue weighted by atomic mass is 9.86. The Morgan fingerprint density at radius 1 is 1.02 bits per heavy atom. The third kappa shape index (κ3) is 10.7. The second-order valence-corrected chi connectivity index (χ2v) is 14.5. The minimum absolute atomic E-state index is 0.0154. The van der Waals surface area contributed by atoms with Crippen LogP contribution in [0, 0.1) is 5.21 Å². The van der Waals surface area contributed by atoms with Crippen molar-refractivity contribution in [2.45, 2.75) is 116 Å². The molecule has 17 heteroatoms. The van der Waals surface area contributed by atoms with Crippen LogP contribution in [0.2, 0.25) is 0 Å². The maximum absolute atomic E-state index is 13.5. The van der Waals surface area contributed by atoms with E-state index in [-0.39, 0.29) is 30.2 Å². The van der Waals surface area contributed by atoms with E-state index in [1.165, 1.54) is 6.92 Å². The largest absolute Gasteiger partial charge is 0.569 e. The first-order chi connectivity index (χ1) is 28.2. The molecule has 4 aromatic rings. The fourth-order valence-corrected chi connectivity index (χ4v) is 7.44. The average Bonchev–Trinajstić information content (AvgIpc) is 3.88. The average molecular weight is 800 g/mol. The number of piperidine rings is 1. The van der Waals surface area contributed by atoms with Gasteiger partial charge in [0.1, 0.15) is 6.61 Å². The summed E-state index contributed by atoms with van der Waals surface area (Å²) in [6.07, 6.45) is 11.9. The van der Waals surface area contributed by atoms with Crippen LogP contribution in [0.3, 0.4) is 0 Å². The predicted molar refractivity (Wildman–Crippen MR) is 212 cm³/mol. The van der Waals surface area contributed by atoms with E-state index >= 15 is 0 Å². The van der Waals surface area contributed by atoms with Crippen molar-refractivity contribution in [3.05, 3.63) is 88.4 Å². The van der Waals surface area contributed by atoms with E-state index in [1.807, 2.05) is 43.5 Å². The molecule has 0 saturated carbocycles. The summed E-state index contributed by atoms with van der Waals surface area (Å²) in [5.74, 6) is 0.0374. The quantitative estimate of drug-likeness (QED) is 0.0241. The third-order valence-electron chi connectivity index (χ3n) is 10.3. The number of tetrazole rings is 1. The lowest BCUT2D eigenvalue weighted by molar-refractivity contribution is -0.727. The molecule has 2 unspecified atom stereocenters. The molecule has 1 saturated heterocycles. The molecule has 4 atom stereocenters. The highest BCUT2D eigenvalue weighted by Crippen LogP contribution is 2.36. The summed E-state index contributed by atoms with van der Waals surface area (Å²) >= 11 is 0. The van der Waals surface area contributed by atoms with E-state index in [0.29, 0.717) is 54.0 Å². The normalized spacial score (nSPS) is 18.8. The smallest absolute Gasteiger partial charge is 0.511 e. The number of unbranched alkanes of at least 4 members (excludes halogenated alkanes) is 4. The molecule has 310 valence electrons. The minimum Gasteiger partial charge on any atom is -0.569 e. The first-order valence-corrected chi connectivity index (χ1v) is 20.2. The van der Waals surface area contributed by atoms with Crippen LogP contribution in [0.4, 0.5) is 4.79 Å². The SMILES string of the molecule is CCOc1nc2cccc(C(=O)OC(C)OC(=O)OCCCCCCCO/N=[N+](\[O-])N3[C@H](C)CCC[C@@H]3C)c2n1Cc1ccc(C2=CC=CCC2c2nnn[nH]2)cc1. The molecule has 0 spiro atoms. The molecule has 6 rings (SSSR count). The Balaban J connectivity index is 0.961. The zero-order valence-electron chi connectivity index (χ0n) is 33.6. The van der Waals surface area contributed by atoms with Crippen LogP contribution >= 0.6 is 0 Å². The summed E-state index contributed by atoms with van der Waals surface area (Å²) in [4.78, 5) is 36.4. The molecule has 1 N–H and O–H groups in total. The predicted octanol–water partition coefficient (Wildman–Crippen LogP) is 7.80. The zero-order chi connectivity index (χ0) is 40.9. The van der Waals surface area contributed by atoms with Gasteiger partial charge >= 0.3 is 12.1 Å². The summed E-state index contributed by atoms with van der Waals surface area (Å²) in [5, 5.41) is 32.3. The van der Waals surface area contributed by atoms with Crippen molar-refractivity contribution in [3.63, 3.8) is 0 Å². The number of hydrogen-bond donors (Lipinski definition) is 1. The van der Waals surface area contributed by atoms with Gasteiger partial charge in [0, 0.05) is 12.8 Å². The van der Waals surface area contributed by atoms with Gasteiger partial charge < -0.3 is 29.0 Å². The number of aromatic nitrogens is 6. The van der Waals surface area contributed by atoms with Crippen molar-refractivity contribution >= 4 is 28.7 Å². The Morgan fingerprint density at radius 3 is 2.52 bits per heavy atom. The number of carbonyl (C=O) groups is 2. The topological polar surface area (TPSA) is 194 Å². The first kappa shape index (κ1) is 41.6. The molecular formula is C41H53N9O8. The van der Waals surface area contributed by atoms with Crippen LogP contribution in [-0.4, -0.2) is 90.5 Å². The minimum atomic E-state index is -1.21. The van der Waals surface area contributed by atoms with Gasteiger partial charge in [0.25, 0.3) is 6.01 Å². The van der Waals surface area contributed by atoms with Gasteiger partial charge in [-0.15, -0.1) is 10.1 Å². The number of esters is 1. The van der Waals surface area contributed by atoms with Crippen LogP contribution in [0.1, 0.15) is 119 Å². The number of hydrazine groups is 1. The number of allylic oxidation sites excluding steroid dienone is 4. The molecule has 0 amide bonds. The molecular weight excluding hydrogens is 747 g/mol. The molecule has 0 radical (unpaired) electrons. The van der Waals surface area contributed by atoms with Crippen LogP contribution in [-0.2, 0) is 25.6 Å². The maximum Gasteiger partial charge on any atom is 0.511 e. The van der Waals surface area contributed by atoms with Crippen molar-refractivity contribution in [1.29, 1.82) is 0 Å². The summed E-state index contributed by atoms with van der Waals surface area (Å²) in [7, 11) is 0. The van der Waals surface area contributed by atoms with E-state index in [9.17, 15) is 14.8 Å². The van der Waals surface area contributed by atoms with Crippen LogP contribution < -0.4 is 4.74 Å². The lowest BCUT2D eigenvalue weighted by Gasteiger charge is -2.33. The van der Waals surface area contributed by atoms with Gasteiger partial charge in [-0.3, -0.25) is 4.57 Å². The number of imidazole rings is 1. The van der Waals surface area contributed by atoms with E-state index in [0.717, 1.165) is 68.1 Å². The number of aromatic amines is 1. The second-order valence-electron chi connectivity index (χ2n) is 14.5. The van der Waals surface area contributed by atoms with Gasteiger partial charge in [-0.2, -0.15) is 4.98 Å². The Labute approximate surface area is 337 Å². The van der Waals surface area contributed by atoms with Crippen molar-refractivity contribution in [3.8, 4) is 6.01 Å². The highest BCUT2D eigenvalue weighted by Gasteiger charge is 2.31. The monoisotopic (exact) mass is 799 g/mol.